The first-order valence-electron chi connectivity index (χ1n) is 5.12. The molecule has 3 atom stereocenters. The number of aliphatic hydroxyl groups is 2. The number of hydrogen-bond acceptors (Lipinski definition) is 6. The van der Waals surface area contributed by atoms with Crippen molar-refractivity contribution in [1.29, 1.82) is 0 Å². The number of carboxylic acids is 2. The minimum atomic E-state index is -2.27. The summed E-state index contributed by atoms with van der Waals surface area (Å²) in [6.07, 6.45) is -4.53. The largest absolute Gasteiger partial charge is 0.479 e. The van der Waals surface area contributed by atoms with Gasteiger partial charge in [-0.1, -0.05) is 0 Å². The fourth-order valence-corrected chi connectivity index (χ4v) is 1.07. The molecular formula is C9H18N2O6. The van der Waals surface area contributed by atoms with Gasteiger partial charge in [0.1, 0.15) is 0 Å². The summed E-state index contributed by atoms with van der Waals surface area (Å²) in [6.45, 7) is 5.57. The standard InChI is InChI=1S/C5H12N2.C4H6O6/c1-5-4-6-2-3-7-5;5-1(3(7)8)2(6)4(9)10/h5-7H,2-4H2,1H3;1-2,5-6H,(H,7,8)(H,9,10)/t5-;/m0./s1. The zero-order chi connectivity index (χ0) is 13.4. The Morgan fingerprint density at radius 3 is 1.76 bits per heavy atom. The van der Waals surface area contributed by atoms with E-state index in [4.69, 9.17) is 20.4 Å². The van der Waals surface area contributed by atoms with Crippen LogP contribution in [0.5, 0.6) is 0 Å². The predicted octanol–water partition coefficient (Wildman–Crippen LogP) is -2.55. The highest BCUT2D eigenvalue weighted by atomic mass is 16.4. The van der Waals surface area contributed by atoms with Crippen molar-refractivity contribution in [3.05, 3.63) is 0 Å². The van der Waals surface area contributed by atoms with E-state index in [0.717, 1.165) is 19.6 Å². The highest BCUT2D eigenvalue weighted by Gasteiger charge is 2.29. The van der Waals surface area contributed by atoms with Crippen LogP contribution < -0.4 is 10.6 Å². The van der Waals surface area contributed by atoms with Crippen LogP contribution >= 0.6 is 0 Å². The molecule has 0 bridgehead atoms. The van der Waals surface area contributed by atoms with Gasteiger partial charge in [-0.05, 0) is 6.92 Å². The van der Waals surface area contributed by atoms with E-state index in [1.165, 1.54) is 0 Å². The zero-order valence-corrected chi connectivity index (χ0v) is 9.46. The van der Waals surface area contributed by atoms with Gasteiger partial charge in [-0.15, -0.1) is 0 Å². The molecule has 8 heteroatoms. The Bertz CT molecular complexity index is 236. The third kappa shape index (κ3) is 6.84. The van der Waals surface area contributed by atoms with E-state index in [2.05, 4.69) is 17.6 Å². The third-order valence-corrected chi connectivity index (χ3v) is 2.05. The molecule has 100 valence electrons. The van der Waals surface area contributed by atoms with Crippen molar-refractivity contribution >= 4 is 11.9 Å². The Labute approximate surface area is 98.3 Å². The van der Waals surface area contributed by atoms with Crippen LogP contribution in [0.3, 0.4) is 0 Å². The molecule has 6 N–H and O–H groups in total. The summed E-state index contributed by atoms with van der Waals surface area (Å²) in [6, 6.07) is 0.675. The molecule has 1 rings (SSSR count). The molecule has 0 radical (unpaired) electrons. The maximum absolute atomic E-state index is 9.77. The van der Waals surface area contributed by atoms with E-state index in [1.54, 1.807) is 0 Å². The third-order valence-electron chi connectivity index (χ3n) is 2.05. The molecular weight excluding hydrogens is 232 g/mol. The van der Waals surface area contributed by atoms with Gasteiger partial charge in [0.25, 0.3) is 0 Å². The Balaban J connectivity index is 0.000000318. The van der Waals surface area contributed by atoms with Crippen molar-refractivity contribution in [2.24, 2.45) is 0 Å². The second-order valence-electron chi connectivity index (χ2n) is 3.63. The molecule has 1 heterocycles. The van der Waals surface area contributed by atoms with Gasteiger partial charge in [0, 0.05) is 25.7 Å². The highest BCUT2D eigenvalue weighted by Crippen LogP contribution is 1.92. The van der Waals surface area contributed by atoms with E-state index in [9.17, 15) is 9.59 Å². The van der Waals surface area contributed by atoms with Crippen LogP contribution in [0.2, 0.25) is 0 Å². The number of aliphatic hydroxyl groups excluding tert-OH is 2. The molecule has 0 amide bonds. The van der Waals surface area contributed by atoms with Crippen LogP contribution in [-0.2, 0) is 9.59 Å². The second-order valence-corrected chi connectivity index (χ2v) is 3.63. The number of carboxylic acid groups (broad SMARTS) is 2. The van der Waals surface area contributed by atoms with Gasteiger partial charge in [0.15, 0.2) is 12.2 Å². The van der Waals surface area contributed by atoms with Gasteiger partial charge in [-0.25, -0.2) is 9.59 Å². The summed E-state index contributed by atoms with van der Waals surface area (Å²) in [5, 5.41) is 39.1. The van der Waals surface area contributed by atoms with Crippen LogP contribution in [0.15, 0.2) is 0 Å². The van der Waals surface area contributed by atoms with E-state index in [0.29, 0.717) is 6.04 Å². The summed E-state index contributed by atoms with van der Waals surface area (Å²) < 4.78 is 0. The van der Waals surface area contributed by atoms with Crippen molar-refractivity contribution in [3.63, 3.8) is 0 Å². The molecule has 0 spiro atoms. The normalized spacial score (nSPS) is 22.9. The van der Waals surface area contributed by atoms with Gasteiger partial charge < -0.3 is 31.1 Å². The van der Waals surface area contributed by atoms with Crippen molar-refractivity contribution in [2.45, 2.75) is 25.2 Å². The average Bonchev–Trinajstić information content (AvgIpc) is 2.28. The SMILES string of the molecule is C[C@H]1CNCCN1.O=C(O)C(O)C(O)C(=O)O. The van der Waals surface area contributed by atoms with E-state index in [-0.39, 0.29) is 0 Å². The van der Waals surface area contributed by atoms with Crippen molar-refractivity contribution in [3.8, 4) is 0 Å². The predicted molar refractivity (Wildman–Crippen MR) is 57.6 cm³/mol. The Morgan fingerprint density at radius 2 is 1.59 bits per heavy atom. The molecule has 0 aromatic carbocycles. The Kier molecular flexibility index (Phi) is 7.39. The Hall–Kier alpha value is -1.22. The van der Waals surface area contributed by atoms with Crippen LogP contribution in [-0.4, -0.2) is 70.2 Å². The molecule has 0 aromatic rings. The molecule has 1 aliphatic heterocycles. The minimum Gasteiger partial charge on any atom is -0.479 e. The van der Waals surface area contributed by atoms with E-state index >= 15 is 0 Å². The smallest absolute Gasteiger partial charge is 0.335 e. The molecule has 8 nitrogen and oxygen atoms in total. The highest BCUT2D eigenvalue weighted by molar-refractivity contribution is 5.83. The molecule has 0 aromatic heterocycles. The first-order chi connectivity index (χ1) is 7.86. The average molecular weight is 250 g/mol. The van der Waals surface area contributed by atoms with Gasteiger partial charge in [0.2, 0.25) is 0 Å². The summed E-state index contributed by atoms with van der Waals surface area (Å²) in [5.41, 5.74) is 0. The number of rotatable bonds is 3. The first kappa shape index (κ1) is 15.8. The van der Waals surface area contributed by atoms with E-state index < -0.39 is 24.1 Å². The first-order valence-corrected chi connectivity index (χ1v) is 5.12. The number of hydrogen-bond donors (Lipinski definition) is 6. The molecule has 17 heavy (non-hydrogen) atoms. The zero-order valence-electron chi connectivity index (χ0n) is 9.46. The lowest BCUT2D eigenvalue weighted by atomic mass is 10.2. The molecule has 2 unspecified atom stereocenters. The topological polar surface area (TPSA) is 139 Å². The summed E-state index contributed by atoms with van der Waals surface area (Å²) in [5.74, 6) is -3.54. The summed E-state index contributed by atoms with van der Waals surface area (Å²) >= 11 is 0. The number of piperazine rings is 1. The van der Waals surface area contributed by atoms with Crippen LogP contribution in [0.1, 0.15) is 6.92 Å². The van der Waals surface area contributed by atoms with Crippen molar-refractivity contribution in [1.82, 2.24) is 10.6 Å². The van der Waals surface area contributed by atoms with Gasteiger partial charge in [-0.3, -0.25) is 0 Å². The van der Waals surface area contributed by atoms with Crippen molar-refractivity contribution < 1.29 is 30.0 Å². The Morgan fingerprint density at radius 1 is 1.12 bits per heavy atom. The number of carbonyl (C=O) groups is 2. The maximum Gasteiger partial charge on any atom is 0.335 e. The second kappa shape index (κ2) is 7.96. The van der Waals surface area contributed by atoms with Gasteiger partial charge >= 0.3 is 11.9 Å². The summed E-state index contributed by atoms with van der Waals surface area (Å²) in [7, 11) is 0. The molecule has 1 fully saturated rings. The van der Waals surface area contributed by atoms with Crippen molar-refractivity contribution in [2.75, 3.05) is 19.6 Å². The molecule has 0 aliphatic carbocycles. The quantitative estimate of drug-likeness (QED) is 0.321. The molecule has 1 aliphatic rings. The van der Waals surface area contributed by atoms with Crippen LogP contribution in [0.4, 0.5) is 0 Å². The van der Waals surface area contributed by atoms with Gasteiger partial charge in [0.05, 0.1) is 0 Å². The maximum atomic E-state index is 9.77. The minimum absolute atomic E-state index is 0.675. The fourth-order valence-electron chi connectivity index (χ4n) is 1.07. The molecule has 0 saturated carbocycles. The lowest BCUT2D eigenvalue weighted by molar-refractivity contribution is -0.165. The lowest BCUT2D eigenvalue weighted by Gasteiger charge is -2.19. The molecule has 1 saturated heterocycles. The van der Waals surface area contributed by atoms with Crippen LogP contribution in [0, 0.1) is 0 Å². The van der Waals surface area contributed by atoms with Gasteiger partial charge in [-0.2, -0.15) is 0 Å². The van der Waals surface area contributed by atoms with E-state index in [1.807, 2.05) is 0 Å². The monoisotopic (exact) mass is 250 g/mol. The number of nitrogens with one attached hydrogen (secondary N) is 2. The lowest BCUT2D eigenvalue weighted by Crippen LogP contribution is -2.46. The number of aliphatic carboxylic acids is 2. The fraction of sp³-hybridized carbons (Fsp3) is 0.778. The summed E-state index contributed by atoms with van der Waals surface area (Å²) in [4.78, 5) is 19.5. The van der Waals surface area contributed by atoms with Crippen LogP contribution in [0.25, 0.3) is 0 Å².